The molecule has 7 rings (SSSR count). The van der Waals surface area contributed by atoms with Crippen LogP contribution in [-0.4, -0.2) is 167 Å². The number of likely N-dealkylation sites (tertiary alicyclic amines) is 2. The van der Waals surface area contributed by atoms with Crippen molar-refractivity contribution in [2.75, 3.05) is 52.1 Å². The van der Waals surface area contributed by atoms with Gasteiger partial charge in [0.2, 0.25) is 35.4 Å². The van der Waals surface area contributed by atoms with Crippen molar-refractivity contribution in [3.05, 3.63) is 46.5 Å². The van der Waals surface area contributed by atoms with Gasteiger partial charge in [0.05, 0.1) is 37.1 Å². The smallest absolute Gasteiger partial charge is 0.409 e. The molecule has 404 valence electrons. The third-order valence-corrected chi connectivity index (χ3v) is 17.2. The van der Waals surface area contributed by atoms with Gasteiger partial charge >= 0.3 is 12.1 Å². The topological polar surface area (TPSA) is 248 Å². The molecular formula is C52H68ClN5O15S. The monoisotopic (exact) mass is 1070 g/mol. The standard InChI is InChI=1S/C52H68ClN5O15S/c1-28-10-9-11-39(70-8)52(68)25-37(71-50(67)54-52)29(2)47-51(4,73-47)40(24-44(63)56(6)34-21-32(20-28)22-36(69-7)46(34)53)72-49(66)30(3)55(5)41(60)18-19-74-38-23-45(64)58(48(38)65)26-31-12-14-33(15-13-31)35(59)27-57-42(61)16-17-43(57)62/h9-11,21-22,29-31,33,37-40,47,68H,12-20,23-27H2,1-8H3,(H,54,67)/b11-9+,28-10+/t29-,30+,31-,33-,37+,38-,39-,40+,47+,51+,52+/m1/s1. The summed E-state index contributed by atoms with van der Waals surface area (Å²) in [7, 11) is 5.86. The molecule has 1 saturated carbocycles. The normalized spacial score (nSPS) is 32.2. The molecule has 5 aliphatic heterocycles. The Morgan fingerprint density at radius 3 is 2.35 bits per heavy atom. The van der Waals surface area contributed by atoms with Crippen molar-refractivity contribution in [3.63, 3.8) is 0 Å². The minimum atomic E-state index is -1.89. The Morgan fingerprint density at radius 2 is 1.69 bits per heavy atom. The van der Waals surface area contributed by atoms with Crippen LogP contribution in [0.4, 0.5) is 10.5 Å². The summed E-state index contributed by atoms with van der Waals surface area (Å²) in [4.78, 5) is 123. The van der Waals surface area contributed by atoms with Crippen LogP contribution in [0.25, 0.3) is 0 Å². The van der Waals surface area contributed by atoms with E-state index in [1.807, 2.05) is 13.0 Å². The lowest BCUT2D eigenvalue weighted by molar-refractivity contribution is -0.162. The van der Waals surface area contributed by atoms with Crippen molar-refractivity contribution in [3.8, 4) is 5.75 Å². The minimum Gasteiger partial charge on any atom is -0.495 e. The van der Waals surface area contributed by atoms with Gasteiger partial charge in [0.1, 0.15) is 40.7 Å². The highest BCUT2D eigenvalue weighted by atomic mass is 35.5. The van der Waals surface area contributed by atoms with E-state index in [1.54, 1.807) is 45.2 Å². The number of methoxy groups -OCH3 is 2. The van der Waals surface area contributed by atoms with Crippen molar-refractivity contribution in [2.45, 2.75) is 145 Å². The molecule has 1 aliphatic carbocycles. The first kappa shape index (κ1) is 56.4. The van der Waals surface area contributed by atoms with Gasteiger partial charge in [-0.25, -0.2) is 9.59 Å². The Labute approximate surface area is 440 Å². The number of rotatable bonds is 14. The van der Waals surface area contributed by atoms with E-state index in [0.717, 1.165) is 16.0 Å². The Morgan fingerprint density at radius 1 is 1.00 bits per heavy atom. The molecule has 0 spiro atoms. The number of anilines is 1. The number of thioether (sulfide) groups is 1. The molecule has 9 atom stereocenters. The van der Waals surface area contributed by atoms with Crippen molar-refractivity contribution >= 4 is 82.3 Å². The van der Waals surface area contributed by atoms with Crippen molar-refractivity contribution in [1.82, 2.24) is 20.0 Å². The number of aliphatic hydroxyl groups is 1. The summed E-state index contributed by atoms with van der Waals surface area (Å²) in [6.45, 7) is 6.84. The first-order valence-electron chi connectivity index (χ1n) is 25.1. The summed E-state index contributed by atoms with van der Waals surface area (Å²) in [6.07, 6.45) is 2.77. The van der Waals surface area contributed by atoms with Gasteiger partial charge in [-0.05, 0) is 76.5 Å². The van der Waals surface area contributed by atoms with Crippen LogP contribution in [0.15, 0.2) is 35.9 Å². The number of hydrogen-bond donors (Lipinski definition) is 2. The van der Waals surface area contributed by atoms with E-state index in [4.69, 9.17) is 35.3 Å². The molecule has 2 N–H and O–H groups in total. The fourth-order valence-corrected chi connectivity index (χ4v) is 12.1. The Kier molecular flexibility index (Phi) is 17.7. The molecule has 4 bridgehead atoms. The summed E-state index contributed by atoms with van der Waals surface area (Å²) in [6, 6.07) is 2.38. The van der Waals surface area contributed by atoms with E-state index in [0.29, 0.717) is 43.5 Å². The number of esters is 1. The van der Waals surface area contributed by atoms with Crippen LogP contribution in [0.5, 0.6) is 5.75 Å². The van der Waals surface area contributed by atoms with Crippen LogP contribution in [0, 0.1) is 17.8 Å². The fraction of sp³-hybridized carbons (Fsp3) is 0.635. The number of carbonyl (C=O) groups excluding carboxylic acids is 9. The van der Waals surface area contributed by atoms with Crippen LogP contribution >= 0.6 is 23.4 Å². The number of nitrogens with zero attached hydrogens (tertiary/aromatic N) is 4. The van der Waals surface area contributed by atoms with Crippen molar-refractivity contribution < 1.29 is 71.9 Å². The third kappa shape index (κ3) is 12.3. The van der Waals surface area contributed by atoms with E-state index >= 15 is 0 Å². The first-order valence-corrected chi connectivity index (χ1v) is 26.6. The lowest BCUT2D eigenvalue weighted by Crippen LogP contribution is -2.63. The SMILES string of the molecule is COc1cc2cc(c1Cl)N(C)C(=O)C[C@H](OC(=O)[C@H](C)N(C)C(=O)CCS[C@@H]1CC(=O)N(C[C@H]3CC[C@H](C(=O)CN4C(=O)CCC4=O)CC3)C1=O)[C@]1(C)O[C@H]1[C@H](C)[C@@H]1C[C@@](O)(NC(=O)O1)[C@H](OC)/C=C/C=C(\C)C2. The van der Waals surface area contributed by atoms with Crippen molar-refractivity contribution in [1.29, 1.82) is 0 Å². The van der Waals surface area contributed by atoms with Gasteiger partial charge in [0.15, 0.2) is 11.5 Å². The molecule has 7 amide bonds. The highest BCUT2D eigenvalue weighted by molar-refractivity contribution is 8.00. The number of allylic oxidation sites excluding steroid dienone is 3. The molecule has 5 heterocycles. The molecule has 0 aromatic heterocycles. The number of carbonyl (C=O) groups is 9. The summed E-state index contributed by atoms with van der Waals surface area (Å²) >= 11 is 8.00. The molecule has 0 radical (unpaired) electrons. The molecule has 20 nitrogen and oxygen atoms in total. The number of nitrogens with one attached hydrogen (secondary N) is 1. The minimum absolute atomic E-state index is 0.00187. The summed E-state index contributed by atoms with van der Waals surface area (Å²) in [5.41, 5.74) is -1.21. The maximum absolute atomic E-state index is 14.4. The highest BCUT2D eigenvalue weighted by Gasteiger charge is 2.64. The number of halogens is 1. The largest absolute Gasteiger partial charge is 0.495 e. The van der Waals surface area contributed by atoms with Crippen LogP contribution in [0.3, 0.4) is 0 Å². The average molecular weight is 1070 g/mol. The lowest BCUT2D eigenvalue weighted by Gasteiger charge is -2.42. The number of fused-ring (bicyclic) bond motifs is 5. The average Bonchev–Trinajstić information content (AvgIpc) is 3.87. The maximum atomic E-state index is 14.4. The highest BCUT2D eigenvalue weighted by Crippen LogP contribution is 2.49. The quantitative estimate of drug-likeness (QED) is 0.150. The number of ether oxygens (including phenoxy) is 5. The number of Topliss-reactive ketones (excluding diaryl/α,β-unsaturated/α-hetero) is 1. The van der Waals surface area contributed by atoms with Gasteiger partial charge in [-0.1, -0.05) is 42.3 Å². The second kappa shape index (κ2) is 23.3. The summed E-state index contributed by atoms with van der Waals surface area (Å²) in [5, 5.41) is 13.8. The molecule has 22 heteroatoms. The van der Waals surface area contributed by atoms with Crippen LogP contribution in [0.2, 0.25) is 5.02 Å². The molecular weight excluding hydrogens is 1000 g/mol. The van der Waals surface area contributed by atoms with Gasteiger partial charge in [-0.3, -0.25) is 48.7 Å². The zero-order valence-electron chi connectivity index (χ0n) is 43.2. The molecule has 4 saturated heterocycles. The van der Waals surface area contributed by atoms with Gasteiger partial charge < -0.3 is 38.6 Å². The zero-order valence-corrected chi connectivity index (χ0v) is 44.8. The zero-order chi connectivity index (χ0) is 54.0. The van der Waals surface area contributed by atoms with E-state index in [1.165, 1.54) is 54.7 Å². The molecule has 1 aromatic carbocycles. The number of ketones is 1. The van der Waals surface area contributed by atoms with E-state index in [9.17, 15) is 48.3 Å². The number of imide groups is 2. The lowest BCUT2D eigenvalue weighted by atomic mass is 9.79. The molecule has 74 heavy (non-hydrogen) atoms. The first-order chi connectivity index (χ1) is 35.0. The molecule has 6 aliphatic rings. The fourth-order valence-electron chi connectivity index (χ4n) is 10.7. The van der Waals surface area contributed by atoms with Crippen LogP contribution < -0.4 is 15.0 Å². The predicted octanol–water partition coefficient (Wildman–Crippen LogP) is 4.29. The Bertz CT molecular complexity index is 2460. The Balaban J connectivity index is 0.986. The van der Waals surface area contributed by atoms with Crippen molar-refractivity contribution in [2.24, 2.45) is 17.8 Å². The van der Waals surface area contributed by atoms with Crippen LogP contribution in [0.1, 0.15) is 97.5 Å². The van der Waals surface area contributed by atoms with E-state index < -0.39 is 83.2 Å². The second-order valence-electron chi connectivity index (χ2n) is 20.6. The maximum Gasteiger partial charge on any atom is 0.409 e. The number of hydrogen-bond acceptors (Lipinski definition) is 16. The number of amides is 7. The van der Waals surface area contributed by atoms with Gasteiger partial charge in [0.25, 0.3) is 0 Å². The second-order valence-corrected chi connectivity index (χ2v) is 22.3. The van der Waals surface area contributed by atoms with Gasteiger partial charge in [0, 0.05) is 77.4 Å². The van der Waals surface area contributed by atoms with Gasteiger partial charge in [-0.15, -0.1) is 11.8 Å². The number of likely N-dealkylation sites (N-methyl/N-ethyl adjacent to an activating group) is 1. The van der Waals surface area contributed by atoms with Gasteiger partial charge in [-0.2, -0.15) is 0 Å². The molecule has 0 unspecified atom stereocenters. The van der Waals surface area contributed by atoms with E-state index in [-0.39, 0.29) is 97.2 Å². The summed E-state index contributed by atoms with van der Waals surface area (Å²) < 4.78 is 29.4. The predicted molar refractivity (Wildman–Crippen MR) is 270 cm³/mol. The van der Waals surface area contributed by atoms with E-state index in [2.05, 4.69) is 5.32 Å². The number of benzene rings is 1. The van der Waals surface area contributed by atoms with Crippen LogP contribution in [-0.2, 0) is 63.7 Å². The Hall–Kier alpha value is -5.35. The number of alkyl carbamates (subject to hydrolysis) is 1. The molecule has 5 fully saturated rings. The summed E-state index contributed by atoms with van der Waals surface area (Å²) in [5.74, 6) is -3.62. The third-order valence-electron chi connectivity index (χ3n) is 15.6. The molecule has 1 aromatic rings. The number of epoxide rings is 1.